The number of pyridine rings is 1. The summed E-state index contributed by atoms with van der Waals surface area (Å²) in [6.45, 7) is 2.75. The summed E-state index contributed by atoms with van der Waals surface area (Å²) in [4.78, 5) is 8.24. The predicted molar refractivity (Wildman–Crippen MR) is 116 cm³/mol. The van der Waals surface area contributed by atoms with E-state index in [-0.39, 0.29) is 12.1 Å². The number of aliphatic hydroxyl groups is 1. The second kappa shape index (κ2) is 7.65. The Morgan fingerprint density at radius 2 is 2.00 bits per heavy atom. The van der Waals surface area contributed by atoms with Gasteiger partial charge in [0.1, 0.15) is 5.82 Å². The van der Waals surface area contributed by atoms with Crippen molar-refractivity contribution in [2.24, 2.45) is 0 Å². The first-order valence-corrected chi connectivity index (χ1v) is 12.1. The molecule has 0 spiro atoms. The van der Waals surface area contributed by atoms with Crippen molar-refractivity contribution in [3.63, 3.8) is 0 Å². The van der Waals surface area contributed by atoms with Crippen molar-refractivity contribution in [3.05, 3.63) is 51.7 Å². The summed E-state index contributed by atoms with van der Waals surface area (Å²) >= 11 is 5.99. The third-order valence-corrected chi connectivity index (χ3v) is 8.32. The van der Waals surface area contributed by atoms with Crippen LogP contribution in [0.1, 0.15) is 41.6 Å². The zero-order valence-corrected chi connectivity index (χ0v) is 18.0. The maximum Gasteiger partial charge on any atom is 0.143 e. The Kier molecular flexibility index (Phi) is 5.14. The highest BCUT2D eigenvalue weighted by Gasteiger charge is 2.39. The largest absolute Gasteiger partial charge is 0.394 e. The fourth-order valence-corrected chi connectivity index (χ4v) is 6.21. The number of aliphatic hydroxyl groups excluding tert-OH is 1. The summed E-state index contributed by atoms with van der Waals surface area (Å²) in [6, 6.07) is 8.04. The van der Waals surface area contributed by atoms with E-state index in [0.717, 1.165) is 73.2 Å². The van der Waals surface area contributed by atoms with E-state index < -0.39 is 10.8 Å². The molecule has 0 unspecified atom stereocenters. The number of rotatable bonds is 6. The number of aromatic nitrogens is 1. The second-order valence-corrected chi connectivity index (χ2v) is 10.4. The third kappa shape index (κ3) is 3.61. The van der Waals surface area contributed by atoms with Crippen LogP contribution in [-0.4, -0.2) is 43.6 Å². The van der Waals surface area contributed by atoms with Gasteiger partial charge in [-0.25, -0.2) is 4.98 Å². The molecule has 154 valence electrons. The second-order valence-electron chi connectivity index (χ2n) is 8.50. The molecule has 2 aliphatic heterocycles. The van der Waals surface area contributed by atoms with E-state index in [9.17, 15) is 9.32 Å². The van der Waals surface area contributed by atoms with Gasteiger partial charge in [-0.15, -0.1) is 0 Å². The maximum absolute atomic E-state index is 12.7. The number of benzene rings is 1. The van der Waals surface area contributed by atoms with Crippen LogP contribution in [0.5, 0.6) is 0 Å². The molecule has 0 bridgehead atoms. The maximum atomic E-state index is 12.7. The molecule has 1 fully saturated rings. The van der Waals surface area contributed by atoms with Crippen molar-refractivity contribution >= 4 is 28.2 Å². The topological polar surface area (TPSA) is 65.5 Å². The Labute approximate surface area is 178 Å². The fourth-order valence-electron chi connectivity index (χ4n) is 4.68. The van der Waals surface area contributed by atoms with Crippen LogP contribution in [0.2, 0.25) is 5.02 Å². The Hall–Kier alpha value is -1.47. The first-order valence-electron chi connectivity index (χ1n) is 10.4. The smallest absolute Gasteiger partial charge is 0.143 e. The average molecular weight is 432 g/mol. The monoisotopic (exact) mass is 431 g/mol. The predicted octanol–water partition coefficient (Wildman–Crippen LogP) is 3.28. The minimum atomic E-state index is -1.00. The molecule has 1 aromatic heterocycles. The zero-order chi connectivity index (χ0) is 20.0. The number of hydrogen-bond acceptors (Lipinski definition) is 5. The normalized spacial score (nSPS) is 22.2. The average Bonchev–Trinajstić information content (AvgIpc) is 3.27. The van der Waals surface area contributed by atoms with Gasteiger partial charge >= 0.3 is 0 Å². The first kappa shape index (κ1) is 19.5. The lowest BCUT2D eigenvalue weighted by atomic mass is 9.77. The molecule has 1 saturated carbocycles. The Morgan fingerprint density at radius 3 is 2.69 bits per heavy atom. The molecule has 7 heteroatoms. The quantitative estimate of drug-likeness (QED) is 0.734. The van der Waals surface area contributed by atoms with Crippen molar-refractivity contribution < 1.29 is 9.32 Å². The highest BCUT2D eigenvalue weighted by molar-refractivity contribution is 7.85. The number of nitrogens with one attached hydrogen (secondary N) is 1. The van der Waals surface area contributed by atoms with Crippen molar-refractivity contribution in [1.29, 1.82) is 0 Å². The molecule has 1 atom stereocenters. The van der Waals surface area contributed by atoms with Gasteiger partial charge in [0, 0.05) is 30.4 Å². The van der Waals surface area contributed by atoms with E-state index in [1.54, 1.807) is 0 Å². The molecule has 5 rings (SSSR count). The minimum absolute atomic E-state index is 0.0976. The highest BCUT2D eigenvalue weighted by atomic mass is 35.5. The van der Waals surface area contributed by atoms with Crippen LogP contribution in [0.4, 0.5) is 5.82 Å². The minimum Gasteiger partial charge on any atom is -0.394 e. The zero-order valence-electron chi connectivity index (χ0n) is 16.4. The van der Waals surface area contributed by atoms with Crippen LogP contribution in [0.15, 0.2) is 29.2 Å². The molecule has 3 heterocycles. The summed E-state index contributed by atoms with van der Waals surface area (Å²) in [6.07, 6.45) is 4.83. The van der Waals surface area contributed by atoms with E-state index in [4.69, 9.17) is 16.6 Å². The number of fused-ring (bicyclic) bond motifs is 3. The van der Waals surface area contributed by atoms with Gasteiger partial charge in [-0.05, 0) is 60.9 Å². The van der Waals surface area contributed by atoms with Crippen LogP contribution >= 0.6 is 11.6 Å². The van der Waals surface area contributed by atoms with Gasteiger partial charge < -0.3 is 10.4 Å². The lowest BCUT2D eigenvalue weighted by Crippen LogP contribution is -2.48. The molecule has 29 heavy (non-hydrogen) atoms. The van der Waals surface area contributed by atoms with Crippen molar-refractivity contribution in [1.82, 2.24) is 9.88 Å². The molecule has 2 N–H and O–H groups in total. The Morgan fingerprint density at radius 1 is 1.21 bits per heavy atom. The number of hydrogen-bond donors (Lipinski definition) is 2. The summed E-state index contributed by atoms with van der Waals surface area (Å²) < 4.78 is 12.7. The van der Waals surface area contributed by atoms with Crippen molar-refractivity contribution in [2.45, 2.75) is 55.6 Å². The number of anilines is 1. The van der Waals surface area contributed by atoms with Crippen LogP contribution < -0.4 is 5.32 Å². The van der Waals surface area contributed by atoms with E-state index in [2.05, 4.69) is 22.3 Å². The Bertz CT molecular complexity index is 954. The summed E-state index contributed by atoms with van der Waals surface area (Å²) in [5.41, 5.74) is 4.61. The lowest BCUT2D eigenvalue weighted by Gasteiger charge is -2.41. The van der Waals surface area contributed by atoms with Crippen LogP contribution in [-0.2, 0) is 36.7 Å². The number of halogens is 1. The molecule has 0 amide bonds. The van der Waals surface area contributed by atoms with Crippen molar-refractivity contribution in [2.75, 3.05) is 24.2 Å². The molecule has 1 aromatic carbocycles. The van der Waals surface area contributed by atoms with Crippen LogP contribution in [0, 0.1) is 0 Å². The Balaban J connectivity index is 1.37. The first-order chi connectivity index (χ1) is 14.1. The van der Waals surface area contributed by atoms with Gasteiger partial charge in [-0.2, -0.15) is 0 Å². The van der Waals surface area contributed by atoms with Crippen LogP contribution in [0.3, 0.4) is 0 Å². The molecule has 1 aliphatic carbocycles. The molecule has 0 radical (unpaired) electrons. The summed E-state index contributed by atoms with van der Waals surface area (Å²) in [5.74, 6) is 1.43. The molecule has 5 nitrogen and oxygen atoms in total. The van der Waals surface area contributed by atoms with Gasteiger partial charge in [-0.3, -0.25) is 9.11 Å². The SMILES string of the molecule is O=[S@]1CCc2c3c(nc(NC4(CO)CCC4)c21)CN(CCc1ccc(Cl)cc1)C3. The van der Waals surface area contributed by atoms with Crippen molar-refractivity contribution in [3.8, 4) is 0 Å². The molecular weight excluding hydrogens is 406 g/mol. The summed E-state index contributed by atoms with van der Waals surface area (Å²) in [7, 11) is -1.00. The molecule has 2 aromatic rings. The lowest BCUT2D eigenvalue weighted by molar-refractivity contribution is 0.143. The molecule has 3 aliphatic rings. The molecule has 0 saturated heterocycles. The van der Waals surface area contributed by atoms with Crippen LogP contribution in [0.25, 0.3) is 0 Å². The van der Waals surface area contributed by atoms with Gasteiger partial charge in [0.2, 0.25) is 0 Å². The van der Waals surface area contributed by atoms with Gasteiger partial charge in [0.05, 0.1) is 33.5 Å². The third-order valence-electron chi connectivity index (χ3n) is 6.60. The summed E-state index contributed by atoms with van der Waals surface area (Å²) in [5, 5.41) is 14.1. The standard InChI is InChI=1S/C22H26ClN3O2S/c23-16-4-2-15(3-5-16)6-10-26-12-18-17-7-11-29(28)20(17)21(24-19(18)13-26)25-22(14-27)8-1-9-22/h2-5,27H,1,6-14H2,(H,24,25)/t29-/m0/s1. The van der Waals surface area contributed by atoms with E-state index >= 15 is 0 Å². The van der Waals surface area contributed by atoms with E-state index in [0.29, 0.717) is 5.75 Å². The van der Waals surface area contributed by atoms with Gasteiger partial charge in [0.25, 0.3) is 0 Å². The van der Waals surface area contributed by atoms with E-state index in [1.807, 2.05) is 12.1 Å². The fraction of sp³-hybridized carbons (Fsp3) is 0.500. The molecular formula is C22H26ClN3O2S. The van der Waals surface area contributed by atoms with Gasteiger partial charge in [0.15, 0.2) is 0 Å². The highest BCUT2D eigenvalue weighted by Crippen LogP contribution is 2.41. The van der Waals surface area contributed by atoms with E-state index in [1.165, 1.54) is 16.7 Å². The number of nitrogens with zero attached hydrogens (tertiary/aromatic N) is 2. The van der Waals surface area contributed by atoms with Gasteiger partial charge in [-0.1, -0.05) is 23.7 Å².